The minimum atomic E-state index is -1.16. The normalized spacial score (nSPS) is 19.5. The first-order valence-corrected chi connectivity index (χ1v) is 10.1. The van der Waals surface area contributed by atoms with Gasteiger partial charge in [-0.2, -0.15) is 0 Å². The minimum Gasteiger partial charge on any atom is -0.300 e. The Kier molecular flexibility index (Phi) is 4.56. The highest BCUT2D eigenvalue weighted by atomic mass is 19.1. The lowest BCUT2D eigenvalue weighted by molar-refractivity contribution is -0.384. The van der Waals surface area contributed by atoms with E-state index in [2.05, 4.69) is 0 Å². The van der Waals surface area contributed by atoms with Crippen molar-refractivity contribution in [2.75, 3.05) is 4.90 Å². The molecule has 33 heavy (non-hydrogen) atoms. The molecule has 2 heterocycles. The van der Waals surface area contributed by atoms with Crippen molar-refractivity contribution in [1.29, 1.82) is 0 Å². The molecule has 0 spiro atoms. The van der Waals surface area contributed by atoms with Crippen LogP contribution in [0.3, 0.4) is 0 Å². The van der Waals surface area contributed by atoms with E-state index in [1.165, 1.54) is 35.2 Å². The number of anilines is 1. The van der Waals surface area contributed by atoms with E-state index in [1.54, 1.807) is 18.2 Å². The Morgan fingerprint density at radius 2 is 1.55 bits per heavy atom. The summed E-state index contributed by atoms with van der Waals surface area (Å²) in [5.41, 5.74) is 1.60. The number of nitrogens with zero attached hydrogens (tertiary/aromatic N) is 3. The average molecular weight is 445 g/mol. The van der Waals surface area contributed by atoms with E-state index in [0.717, 1.165) is 22.6 Å². The summed E-state index contributed by atoms with van der Waals surface area (Å²) in [6.45, 7) is 1.87. The van der Waals surface area contributed by atoms with E-state index in [0.29, 0.717) is 11.3 Å². The molecule has 0 radical (unpaired) electrons. The van der Waals surface area contributed by atoms with E-state index in [9.17, 15) is 28.9 Å². The van der Waals surface area contributed by atoms with Crippen molar-refractivity contribution < 1.29 is 23.7 Å². The van der Waals surface area contributed by atoms with Crippen LogP contribution in [-0.4, -0.2) is 33.6 Å². The maximum Gasteiger partial charge on any atom is 0.270 e. The van der Waals surface area contributed by atoms with Gasteiger partial charge in [-0.3, -0.25) is 29.4 Å². The molecule has 3 amide bonds. The monoisotopic (exact) mass is 445 g/mol. The Morgan fingerprint density at radius 3 is 2.21 bits per heavy atom. The highest BCUT2D eigenvalue weighted by molar-refractivity contribution is 6.25. The van der Waals surface area contributed by atoms with Crippen molar-refractivity contribution >= 4 is 29.1 Å². The molecule has 0 aliphatic carbocycles. The number of β-lactam (4-membered cyclic amide) rings is 1. The molecule has 1 fully saturated rings. The largest absolute Gasteiger partial charge is 0.300 e. The van der Waals surface area contributed by atoms with Crippen LogP contribution < -0.4 is 4.90 Å². The van der Waals surface area contributed by atoms with Crippen molar-refractivity contribution in [2.45, 2.75) is 19.0 Å². The molecule has 2 aliphatic rings. The maximum atomic E-state index is 13.6. The van der Waals surface area contributed by atoms with E-state index >= 15 is 0 Å². The molecule has 2 aliphatic heterocycles. The number of hydrogen-bond donors (Lipinski definition) is 0. The number of carbonyl (C=O) groups is 3. The number of halogens is 1. The van der Waals surface area contributed by atoms with Gasteiger partial charge in [-0.05, 0) is 48.4 Å². The number of rotatable bonds is 4. The molecular weight excluding hydrogens is 429 g/mol. The van der Waals surface area contributed by atoms with E-state index in [-0.39, 0.29) is 16.8 Å². The van der Waals surface area contributed by atoms with E-state index < -0.39 is 40.5 Å². The quantitative estimate of drug-likeness (QED) is 0.263. The van der Waals surface area contributed by atoms with Gasteiger partial charge in [-0.15, -0.1) is 0 Å². The highest BCUT2D eigenvalue weighted by Crippen LogP contribution is 2.44. The first kappa shape index (κ1) is 20.5. The fourth-order valence-electron chi connectivity index (χ4n) is 4.40. The number of nitro groups is 1. The van der Waals surface area contributed by atoms with Crippen molar-refractivity contribution in [1.82, 2.24) is 4.90 Å². The third kappa shape index (κ3) is 3.08. The van der Waals surface area contributed by atoms with Crippen molar-refractivity contribution in [3.8, 4) is 0 Å². The zero-order chi connectivity index (χ0) is 23.4. The summed E-state index contributed by atoms with van der Waals surface area (Å²) >= 11 is 0. The zero-order valence-corrected chi connectivity index (χ0v) is 17.3. The fraction of sp³-hybridized carbons (Fsp3) is 0.125. The van der Waals surface area contributed by atoms with Crippen LogP contribution in [0.4, 0.5) is 15.8 Å². The molecular formula is C24H16FN3O5. The summed E-state index contributed by atoms with van der Waals surface area (Å²) in [6.07, 6.45) is 0. The first-order chi connectivity index (χ1) is 15.8. The van der Waals surface area contributed by atoms with Gasteiger partial charge < -0.3 is 4.90 Å². The Labute approximate surface area is 187 Å². The summed E-state index contributed by atoms with van der Waals surface area (Å²) in [7, 11) is 0. The van der Waals surface area contributed by atoms with Gasteiger partial charge in [0.05, 0.1) is 22.1 Å². The van der Waals surface area contributed by atoms with Crippen molar-refractivity contribution in [2.24, 2.45) is 0 Å². The number of amides is 3. The average Bonchev–Trinajstić information content (AvgIpc) is 3.03. The molecule has 3 aromatic rings. The van der Waals surface area contributed by atoms with E-state index in [4.69, 9.17) is 0 Å². The number of imide groups is 1. The molecule has 164 valence electrons. The van der Waals surface area contributed by atoms with Gasteiger partial charge in [0.25, 0.3) is 23.4 Å². The lowest BCUT2D eigenvalue weighted by Crippen LogP contribution is -2.67. The second-order valence-corrected chi connectivity index (χ2v) is 7.96. The minimum absolute atomic E-state index is 0.00487. The number of carbonyl (C=O) groups excluding carboxylic acids is 3. The number of nitro benzene ring substituents is 1. The first-order valence-electron chi connectivity index (χ1n) is 10.1. The van der Waals surface area contributed by atoms with Crippen molar-refractivity contribution in [3.63, 3.8) is 0 Å². The van der Waals surface area contributed by atoms with Gasteiger partial charge in [-0.1, -0.05) is 24.3 Å². The van der Waals surface area contributed by atoms with Crippen LogP contribution in [0, 0.1) is 22.9 Å². The predicted octanol–water partition coefficient (Wildman–Crippen LogP) is 3.80. The predicted molar refractivity (Wildman–Crippen MR) is 115 cm³/mol. The second-order valence-electron chi connectivity index (χ2n) is 7.96. The van der Waals surface area contributed by atoms with Gasteiger partial charge in [0.1, 0.15) is 11.9 Å². The Morgan fingerprint density at radius 1 is 0.848 bits per heavy atom. The van der Waals surface area contributed by atoms with E-state index in [1.807, 2.05) is 13.0 Å². The fourth-order valence-corrected chi connectivity index (χ4v) is 4.40. The summed E-state index contributed by atoms with van der Waals surface area (Å²) in [5, 5.41) is 11.1. The van der Waals surface area contributed by atoms with Crippen LogP contribution in [0.2, 0.25) is 0 Å². The number of aryl methyl sites for hydroxylation is 1. The molecule has 2 unspecified atom stereocenters. The summed E-state index contributed by atoms with van der Waals surface area (Å²) in [4.78, 5) is 52.4. The molecule has 1 saturated heterocycles. The third-order valence-electron chi connectivity index (χ3n) is 5.95. The summed E-state index contributed by atoms with van der Waals surface area (Å²) < 4.78 is 13.6. The molecule has 8 nitrogen and oxygen atoms in total. The topological polar surface area (TPSA) is 101 Å². The number of hydrogen-bond acceptors (Lipinski definition) is 5. The molecule has 0 saturated carbocycles. The number of non-ortho nitro benzene ring substituents is 1. The standard InChI is InChI=1S/C24H16FN3O5/c1-13-3-2-4-16(11-13)26-20(14-5-7-15(25)8-6-14)21(24(26)31)27-22(29)18-10-9-17(28(32)33)12-19(18)23(27)30/h2-12,20-21H,1H3. The maximum absolute atomic E-state index is 13.6. The molecule has 9 heteroatoms. The van der Waals surface area contributed by atoms with Crippen LogP contribution in [0.5, 0.6) is 0 Å². The lowest BCUT2D eigenvalue weighted by Gasteiger charge is -2.49. The van der Waals surface area contributed by atoms with Crippen LogP contribution in [-0.2, 0) is 4.79 Å². The molecule has 0 aromatic heterocycles. The Balaban J connectivity index is 1.58. The Hall–Kier alpha value is -4.40. The summed E-state index contributed by atoms with van der Waals surface area (Å²) in [6, 6.07) is 14.2. The van der Waals surface area contributed by atoms with Crippen LogP contribution in [0.1, 0.15) is 37.9 Å². The van der Waals surface area contributed by atoms with Crippen molar-refractivity contribution in [3.05, 3.63) is 105 Å². The van der Waals surface area contributed by atoms with Gasteiger partial charge >= 0.3 is 0 Å². The zero-order valence-electron chi connectivity index (χ0n) is 17.3. The summed E-state index contributed by atoms with van der Waals surface area (Å²) in [5.74, 6) is -2.40. The van der Waals surface area contributed by atoms with Gasteiger partial charge in [0, 0.05) is 17.8 Å². The van der Waals surface area contributed by atoms with Crippen LogP contribution in [0.15, 0.2) is 66.7 Å². The molecule has 0 bridgehead atoms. The smallest absolute Gasteiger partial charge is 0.270 e. The van der Waals surface area contributed by atoms with Crippen LogP contribution >= 0.6 is 0 Å². The Bertz CT molecular complexity index is 1350. The molecule has 3 aromatic carbocycles. The van der Waals surface area contributed by atoms with Gasteiger partial charge in [-0.25, -0.2) is 4.39 Å². The van der Waals surface area contributed by atoms with Crippen LogP contribution in [0.25, 0.3) is 0 Å². The van der Waals surface area contributed by atoms with Gasteiger partial charge in [0.15, 0.2) is 0 Å². The molecule has 5 rings (SSSR count). The van der Waals surface area contributed by atoms with Gasteiger partial charge in [0.2, 0.25) is 0 Å². The third-order valence-corrected chi connectivity index (χ3v) is 5.95. The lowest BCUT2D eigenvalue weighted by atomic mass is 9.86. The number of fused-ring (bicyclic) bond motifs is 1. The molecule has 0 N–H and O–H groups in total. The molecule has 2 atom stereocenters. The highest BCUT2D eigenvalue weighted by Gasteiger charge is 2.57. The SMILES string of the molecule is Cc1cccc(N2C(=O)C(N3C(=O)c4ccc([N+](=O)[O-])cc4C3=O)C2c2ccc(F)cc2)c1. The second kappa shape index (κ2) is 7.33. The number of benzene rings is 3.